The van der Waals surface area contributed by atoms with E-state index in [1.165, 1.54) is 29.0 Å². The predicted molar refractivity (Wildman–Crippen MR) is 69.0 cm³/mol. The first kappa shape index (κ1) is 9.97. The van der Waals surface area contributed by atoms with Crippen LogP contribution in [0.5, 0.6) is 0 Å². The molecule has 88 valence electrons. The fraction of sp³-hybridized carbons (Fsp3) is 0.538. The summed E-state index contributed by atoms with van der Waals surface area (Å²) >= 11 is 1.81. The van der Waals surface area contributed by atoms with Crippen molar-refractivity contribution in [2.45, 2.75) is 31.2 Å². The molecule has 2 saturated carbocycles. The molecule has 0 amide bonds. The minimum absolute atomic E-state index is 0.335. The predicted octanol–water partition coefficient (Wildman–Crippen LogP) is 2.53. The SMILES string of the molecule is NC1C2CCC(C2)C1c1nc2cnccc2s1. The number of hydrogen-bond acceptors (Lipinski definition) is 4. The number of thiazole rings is 1. The molecule has 2 aliphatic carbocycles. The summed E-state index contributed by atoms with van der Waals surface area (Å²) in [7, 11) is 0. The van der Waals surface area contributed by atoms with Crippen LogP contribution in [0.2, 0.25) is 0 Å². The summed E-state index contributed by atoms with van der Waals surface area (Å²) in [6, 6.07) is 2.39. The molecule has 0 aliphatic heterocycles. The lowest BCUT2D eigenvalue weighted by Gasteiger charge is -2.26. The van der Waals surface area contributed by atoms with Crippen LogP contribution in [0.3, 0.4) is 0 Å². The van der Waals surface area contributed by atoms with Gasteiger partial charge in [0.2, 0.25) is 0 Å². The maximum atomic E-state index is 6.37. The first-order valence-electron chi connectivity index (χ1n) is 6.29. The van der Waals surface area contributed by atoms with E-state index >= 15 is 0 Å². The zero-order valence-corrected chi connectivity index (χ0v) is 10.4. The fourth-order valence-corrected chi connectivity index (χ4v) is 4.83. The van der Waals surface area contributed by atoms with Gasteiger partial charge in [-0.05, 0) is 37.2 Å². The molecule has 3 nitrogen and oxygen atoms in total. The van der Waals surface area contributed by atoms with Crippen molar-refractivity contribution < 1.29 is 0 Å². The second-order valence-corrected chi connectivity index (χ2v) is 6.39. The molecule has 0 radical (unpaired) electrons. The summed E-state index contributed by atoms with van der Waals surface area (Å²) in [5, 5.41) is 1.24. The first-order chi connectivity index (χ1) is 8.33. The number of aromatic nitrogens is 2. The van der Waals surface area contributed by atoms with Gasteiger partial charge in [-0.15, -0.1) is 11.3 Å². The van der Waals surface area contributed by atoms with Gasteiger partial charge < -0.3 is 5.73 Å². The van der Waals surface area contributed by atoms with Crippen molar-refractivity contribution in [3.05, 3.63) is 23.5 Å². The average molecular weight is 245 g/mol. The van der Waals surface area contributed by atoms with Gasteiger partial charge in [-0.25, -0.2) is 4.98 Å². The lowest BCUT2D eigenvalue weighted by molar-refractivity contribution is 0.365. The van der Waals surface area contributed by atoms with Crippen molar-refractivity contribution in [3.8, 4) is 0 Å². The van der Waals surface area contributed by atoms with Gasteiger partial charge in [0.1, 0.15) is 0 Å². The monoisotopic (exact) mass is 245 g/mol. The van der Waals surface area contributed by atoms with Gasteiger partial charge in [-0.1, -0.05) is 0 Å². The second-order valence-electron chi connectivity index (χ2n) is 5.33. The molecule has 17 heavy (non-hydrogen) atoms. The van der Waals surface area contributed by atoms with Gasteiger partial charge in [0, 0.05) is 18.2 Å². The van der Waals surface area contributed by atoms with E-state index in [-0.39, 0.29) is 0 Å². The van der Waals surface area contributed by atoms with Crippen molar-refractivity contribution in [3.63, 3.8) is 0 Å². The summed E-state index contributed by atoms with van der Waals surface area (Å²) in [6.07, 6.45) is 7.69. The first-order valence-corrected chi connectivity index (χ1v) is 7.10. The van der Waals surface area contributed by atoms with Crippen LogP contribution in [0.25, 0.3) is 10.2 Å². The molecule has 4 unspecified atom stereocenters. The van der Waals surface area contributed by atoms with Crippen LogP contribution in [-0.4, -0.2) is 16.0 Å². The van der Waals surface area contributed by atoms with Crippen molar-refractivity contribution in [2.75, 3.05) is 0 Å². The highest BCUT2D eigenvalue weighted by Crippen LogP contribution is 2.53. The molecule has 0 saturated heterocycles. The van der Waals surface area contributed by atoms with E-state index in [9.17, 15) is 0 Å². The quantitative estimate of drug-likeness (QED) is 0.840. The Morgan fingerprint density at radius 3 is 2.94 bits per heavy atom. The van der Waals surface area contributed by atoms with Crippen LogP contribution in [0.1, 0.15) is 30.2 Å². The lowest BCUT2D eigenvalue weighted by atomic mass is 9.85. The molecule has 2 N–H and O–H groups in total. The van der Waals surface area contributed by atoms with Crippen LogP contribution in [0, 0.1) is 11.8 Å². The van der Waals surface area contributed by atoms with Gasteiger partial charge in [0.15, 0.2) is 0 Å². The van der Waals surface area contributed by atoms with E-state index in [1.54, 1.807) is 11.3 Å². The Morgan fingerprint density at radius 2 is 2.18 bits per heavy atom. The summed E-state index contributed by atoms with van der Waals surface area (Å²) < 4.78 is 1.24. The fourth-order valence-electron chi connectivity index (χ4n) is 3.64. The van der Waals surface area contributed by atoms with Gasteiger partial charge in [-0.3, -0.25) is 4.98 Å². The molecule has 0 spiro atoms. The van der Waals surface area contributed by atoms with Gasteiger partial charge in [0.05, 0.1) is 21.4 Å². The minimum atomic E-state index is 0.335. The lowest BCUT2D eigenvalue weighted by Crippen LogP contribution is -2.33. The van der Waals surface area contributed by atoms with Crippen LogP contribution in [0.15, 0.2) is 18.5 Å². The zero-order chi connectivity index (χ0) is 11.4. The number of nitrogens with two attached hydrogens (primary N) is 1. The topological polar surface area (TPSA) is 51.8 Å². The molecule has 4 atom stereocenters. The number of nitrogens with zero attached hydrogens (tertiary/aromatic N) is 2. The standard InChI is InChI=1S/C13H15N3S/c14-12-8-2-1-7(5-8)11(12)13-16-9-6-15-4-3-10(9)17-13/h3-4,6-8,11-12H,1-2,5,14H2. The van der Waals surface area contributed by atoms with Crippen LogP contribution < -0.4 is 5.73 Å². The van der Waals surface area contributed by atoms with Gasteiger partial charge in [-0.2, -0.15) is 0 Å². The molecular formula is C13H15N3S. The smallest absolute Gasteiger partial charge is 0.0998 e. The average Bonchev–Trinajstić information content (AvgIpc) is 3.00. The molecule has 4 rings (SSSR count). The Hall–Kier alpha value is -1.00. The van der Waals surface area contributed by atoms with E-state index in [0.29, 0.717) is 12.0 Å². The highest BCUT2D eigenvalue weighted by atomic mass is 32.1. The molecule has 2 aliphatic rings. The Labute approximate surface area is 104 Å². The van der Waals surface area contributed by atoms with Crippen LogP contribution in [-0.2, 0) is 0 Å². The zero-order valence-electron chi connectivity index (χ0n) is 9.54. The van der Waals surface area contributed by atoms with Crippen molar-refractivity contribution in [2.24, 2.45) is 17.6 Å². The van der Waals surface area contributed by atoms with Crippen molar-refractivity contribution in [1.82, 2.24) is 9.97 Å². The number of fused-ring (bicyclic) bond motifs is 3. The van der Waals surface area contributed by atoms with E-state index in [4.69, 9.17) is 10.7 Å². The maximum absolute atomic E-state index is 6.37. The summed E-state index contributed by atoms with van der Waals surface area (Å²) in [5.74, 6) is 2.03. The summed E-state index contributed by atoms with van der Waals surface area (Å²) in [5.41, 5.74) is 7.40. The highest BCUT2D eigenvalue weighted by molar-refractivity contribution is 7.18. The Morgan fingerprint density at radius 1 is 1.29 bits per heavy atom. The molecule has 2 aromatic rings. The maximum Gasteiger partial charge on any atom is 0.0998 e. The van der Waals surface area contributed by atoms with E-state index in [0.717, 1.165) is 17.4 Å². The highest BCUT2D eigenvalue weighted by Gasteiger charge is 2.47. The van der Waals surface area contributed by atoms with Crippen LogP contribution >= 0.6 is 11.3 Å². The van der Waals surface area contributed by atoms with E-state index < -0.39 is 0 Å². The van der Waals surface area contributed by atoms with Crippen LogP contribution in [0.4, 0.5) is 0 Å². The third-order valence-electron chi connectivity index (χ3n) is 4.47. The Kier molecular flexibility index (Phi) is 2.05. The molecule has 0 aromatic carbocycles. The Bertz CT molecular complexity index is 530. The normalized spacial score (nSPS) is 35.8. The molecule has 2 fully saturated rings. The van der Waals surface area contributed by atoms with E-state index in [1.807, 2.05) is 12.4 Å². The second kappa shape index (κ2) is 3.50. The molecule has 2 heterocycles. The molecule has 2 bridgehead atoms. The minimum Gasteiger partial charge on any atom is -0.327 e. The number of pyridine rings is 1. The summed E-state index contributed by atoms with van der Waals surface area (Å²) in [4.78, 5) is 8.87. The number of rotatable bonds is 1. The Balaban J connectivity index is 1.79. The molecule has 2 aromatic heterocycles. The third-order valence-corrected chi connectivity index (χ3v) is 5.61. The van der Waals surface area contributed by atoms with Gasteiger partial charge >= 0.3 is 0 Å². The molecular weight excluding hydrogens is 230 g/mol. The van der Waals surface area contributed by atoms with E-state index in [2.05, 4.69) is 11.1 Å². The van der Waals surface area contributed by atoms with Crippen molar-refractivity contribution in [1.29, 1.82) is 0 Å². The largest absolute Gasteiger partial charge is 0.327 e. The molecule has 4 heteroatoms. The number of hydrogen-bond donors (Lipinski definition) is 1. The third kappa shape index (κ3) is 1.37. The van der Waals surface area contributed by atoms with Crippen molar-refractivity contribution >= 4 is 21.6 Å². The van der Waals surface area contributed by atoms with Gasteiger partial charge in [0.25, 0.3) is 0 Å². The summed E-state index contributed by atoms with van der Waals surface area (Å²) in [6.45, 7) is 0.